The van der Waals surface area contributed by atoms with Gasteiger partial charge in [0.25, 0.3) is 0 Å². The highest BCUT2D eigenvalue weighted by atomic mass is 15.2. The smallest absolute Gasteiger partial charge is 0.0108 e. The van der Waals surface area contributed by atoms with Crippen LogP contribution in [0, 0.1) is 22.7 Å². The van der Waals surface area contributed by atoms with Gasteiger partial charge < -0.3 is 10.2 Å². The van der Waals surface area contributed by atoms with Crippen molar-refractivity contribution in [3.05, 3.63) is 0 Å². The summed E-state index contributed by atoms with van der Waals surface area (Å²) in [5.41, 5.74) is 1.48. The van der Waals surface area contributed by atoms with Crippen LogP contribution in [0.3, 0.4) is 0 Å². The Kier molecular flexibility index (Phi) is 2.97. The molecule has 2 atom stereocenters. The van der Waals surface area contributed by atoms with Gasteiger partial charge in [-0.1, -0.05) is 13.3 Å². The Labute approximate surface area is 118 Å². The molecule has 4 bridgehead atoms. The van der Waals surface area contributed by atoms with E-state index < -0.39 is 0 Å². The minimum absolute atomic E-state index is 0.720. The molecule has 2 unspecified atom stereocenters. The fraction of sp³-hybridized carbons (Fsp3) is 1.00. The van der Waals surface area contributed by atoms with Gasteiger partial charge in [0.2, 0.25) is 0 Å². The minimum Gasteiger partial charge on any atom is -0.314 e. The van der Waals surface area contributed by atoms with Gasteiger partial charge in [-0.2, -0.15) is 0 Å². The van der Waals surface area contributed by atoms with E-state index in [0.717, 1.165) is 22.7 Å². The zero-order chi connectivity index (χ0) is 12.9. The Morgan fingerprint density at radius 3 is 2.26 bits per heavy atom. The zero-order valence-electron chi connectivity index (χ0n) is 12.6. The van der Waals surface area contributed by atoms with Crippen molar-refractivity contribution in [3.8, 4) is 0 Å². The van der Waals surface area contributed by atoms with Gasteiger partial charge in [0.05, 0.1) is 0 Å². The SMILES string of the molecule is CCC12CC3CC(C1)CC(CN1CCNCC1)(C3)C2. The zero-order valence-corrected chi connectivity index (χ0v) is 12.6. The van der Waals surface area contributed by atoms with E-state index >= 15 is 0 Å². The van der Waals surface area contributed by atoms with E-state index in [1.54, 1.807) is 38.5 Å². The Bertz CT molecular complexity index is 331. The van der Waals surface area contributed by atoms with E-state index in [1.807, 2.05) is 0 Å². The number of nitrogens with zero attached hydrogens (tertiary/aromatic N) is 1. The highest BCUT2D eigenvalue weighted by Crippen LogP contribution is 2.66. The molecule has 4 aliphatic carbocycles. The summed E-state index contributed by atoms with van der Waals surface area (Å²) in [4.78, 5) is 2.77. The van der Waals surface area contributed by atoms with Crippen LogP contribution in [0.2, 0.25) is 0 Å². The Morgan fingerprint density at radius 1 is 1.00 bits per heavy atom. The fourth-order valence-electron chi connectivity index (χ4n) is 6.59. The minimum atomic E-state index is 0.720. The number of piperazine rings is 1. The average molecular weight is 262 g/mol. The Morgan fingerprint density at radius 2 is 1.63 bits per heavy atom. The van der Waals surface area contributed by atoms with E-state index in [2.05, 4.69) is 17.1 Å². The standard InChI is InChI=1S/C17H30N2/c1-2-16-8-14-7-15(9-16)11-17(10-14,12-16)13-19-5-3-18-4-6-19/h14-15,18H,2-13H2,1H3. The van der Waals surface area contributed by atoms with Crippen LogP contribution >= 0.6 is 0 Å². The molecule has 0 aromatic heterocycles. The quantitative estimate of drug-likeness (QED) is 0.841. The van der Waals surface area contributed by atoms with E-state index in [1.165, 1.54) is 39.1 Å². The molecular formula is C17H30N2. The first-order chi connectivity index (χ1) is 9.21. The fourth-order valence-corrected chi connectivity index (χ4v) is 6.59. The average Bonchev–Trinajstić information content (AvgIpc) is 2.38. The third kappa shape index (κ3) is 2.15. The molecule has 1 heterocycles. The number of nitrogens with one attached hydrogen (secondary N) is 1. The van der Waals surface area contributed by atoms with Gasteiger partial charge in [-0.05, 0) is 61.2 Å². The molecular weight excluding hydrogens is 232 g/mol. The van der Waals surface area contributed by atoms with Gasteiger partial charge >= 0.3 is 0 Å². The molecule has 0 aromatic rings. The maximum atomic E-state index is 3.50. The van der Waals surface area contributed by atoms with Crippen LogP contribution in [0.25, 0.3) is 0 Å². The highest BCUT2D eigenvalue weighted by molar-refractivity contribution is 5.08. The molecule has 5 fully saturated rings. The number of hydrogen-bond donors (Lipinski definition) is 1. The van der Waals surface area contributed by atoms with Crippen LogP contribution < -0.4 is 5.32 Å². The van der Waals surface area contributed by atoms with E-state index in [4.69, 9.17) is 0 Å². The van der Waals surface area contributed by atoms with Gasteiger partial charge in [0, 0.05) is 32.7 Å². The summed E-state index contributed by atoms with van der Waals surface area (Å²) in [5, 5.41) is 3.50. The Hall–Kier alpha value is -0.0800. The lowest BCUT2D eigenvalue weighted by atomic mass is 9.43. The maximum absolute atomic E-state index is 3.50. The first-order valence-corrected chi connectivity index (χ1v) is 8.64. The second kappa shape index (κ2) is 4.46. The molecule has 0 spiro atoms. The summed E-state index contributed by atoms with van der Waals surface area (Å²) >= 11 is 0. The maximum Gasteiger partial charge on any atom is 0.0108 e. The summed E-state index contributed by atoms with van der Waals surface area (Å²) < 4.78 is 0. The van der Waals surface area contributed by atoms with Crippen molar-refractivity contribution in [3.63, 3.8) is 0 Å². The molecule has 1 saturated heterocycles. The molecule has 2 nitrogen and oxygen atoms in total. The van der Waals surface area contributed by atoms with Crippen LogP contribution in [-0.2, 0) is 0 Å². The third-order valence-corrected chi connectivity index (χ3v) is 6.82. The second-order valence-corrected chi connectivity index (χ2v) is 8.34. The molecule has 1 aliphatic heterocycles. The van der Waals surface area contributed by atoms with Crippen molar-refractivity contribution in [2.45, 2.75) is 51.9 Å². The summed E-state index contributed by atoms with van der Waals surface area (Å²) in [7, 11) is 0. The molecule has 108 valence electrons. The lowest BCUT2D eigenvalue weighted by Gasteiger charge is -2.63. The van der Waals surface area contributed by atoms with Crippen LogP contribution in [-0.4, -0.2) is 37.6 Å². The van der Waals surface area contributed by atoms with Crippen molar-refractivity contribution in [2.75, 3.05) is 32.7 Å². The lowest BCUT2D eigenvalue weighted by Crippen LogP contribution is -2.57. The monoisotopic (exact) mass is 262 g/mol. The first kappa shape index (κ1) is 12.6. The summed E-state index contributed by atoms with van der Waals surface area (Å²) in [6, 6.07) is 0. The van der Waals surface area contributed by atoms with Crippen LogP contribution in [0.15, 0.2) is 0 Å². The molecule has 4 saturated carbocycles. The van der Waals surface area contributed by atoms with Crippen molar-refractivity contribution < 1.29 is 0 Å². The van der Waals surface area contributed by atoms with E-state index in [9.17, 15) is 0 Å². The van der Waals surface area contributed by atoms with Crippen LogP contribution in [0.1, 0.15) is 51.9 Å². The largest absolute Gasteiger partial charge is 0.314 e. The molecule has 5 aliphatic rings. The third-order valence-electron chi connectivity index (χ3n) is 6.82. The molecule has 1 N–H and O–H groups in total. The van der Waals surface area contributed by atoms with Gasteiger partial charge in [0.15, 0.2) is 0 Å². The Balaban J connectivity index is 1.53. The summed E-state index contributed by atoms with van der Waals surface area (Å²) in [6.07, 6.45) is 10.9. The van der Waals surface area contributed by atoms with Crippen LogP contribution in [0.5, 0.6) is 0 Å². The predicted octanol–water partition coefficient (Wildman–Crippen LogP) is 2.89. The number of hydrogen-bond acceptors (Lipinski definition) is 2. The predicted molar refractivity (Wildman–Crippen MR) is 79.1 cm³/mol. The second-order valence-electron chi connectivity index (χ2n) is 8.34. The molecule has 19 heavy (non-hydrogen) atoms. The van der Waals surface area contributed by atoms with Gasteiger partial charge in [-0.3, -0.25) is 0 Å². The molecule has 0 radical (unpaired) electrons. The van der Waals surface area contributed by atoms with Crippen molar-refractivity contribution >= 4 is 0 Å². The van der Waals surface area contributed by atoms with Crippen molar-refractivity contribution in [1.82, 2.24) is 10.2 Å². The van der Waals surface area contributed by atoms with Gasteiger partial charge in [-0.25, -0.2) is 0 Å². The normalized spacial score (nSPS) is 49.7. The number of rotatable bonds is 3. The van der Waals surface area contributed by atoms with Gasteiger partial charge in [-0.15, -0.1) is 0 Å². The van der Waals surface area contributed by atoms with Crippen molar-refractivity contribution in [2.24, 2.45) is 22.7 Å². The topological polar surface area (TPSA) is 15.3 Å². The molecule has 2 heteroatoms. The summed E-state index contributed by atoms with van der Waals surface area (Å²) in [5.74, 6) is 2.17. The van der Waals surface area contributed by atoms with Crippen LogP contribution in [0.4, 0.5) is 0 Å². The van der Waals surface area contributed by atoms with E-state index in [0.29, 0.717) is 0 Å². The molecule has 5 rings (SSSR count). The first-order valence-electron chi connectivity index (χ1n) is 8.64. The van der Waals surface area contributed by atoms with E-state index in [-0.39, 0.29) is 0 Å². The van der Waals surface area contributed by atoms with Crippen molar-refractivity contribution in [1.29, 1.82) is 0 Å². The highest BCUT2D eigenvalue weighted by Gasteiger charge is 2.56. The molecule has 0 amide bonds. The van der Waals surface area contributed by atoms with Gasteiger partial charge in [0.1, 0.15) is 0 Å². The summed E-state index contributed by atoms with van der Waals surface area (Å²) in [6.45, 7) is 8.88. The lowest BCUT2D eigenvalue weighted by molar-refractivity contribution is -0.123. The molecule has 0 aromatic carbocycles.